The molecule has 0 spiro atoms. The van der Waals surface area contributed by atoms with Gasteiger partial charge in [0.05, 0.1) is 12.2 Å². The predicted octanol–water partition coefficient (Wildman–Crippen LogP) is 1.67. The van der Waals surface area contributed by atoms with Crippen LogP contribution in [-0.2, 0) is 9.53 Å². The molecule has 1 amide bonds. The molecule has 1 aliphatic rings. The van der Waals surface area contributed by atoms with Crippen molar-refractivity contribution in [1.29, 1.82) is 0 Å². The van der Waals surface area contributed by atoms with Gasteiger partial charge in [0.15, 0.2) is 0 Å². The molecule has 0 aromatic heterocycles. The van der Waals surface area contributed by atoms with Crippen LogP contribution in [0.1, 0.15) is 34.1 Å². The Morgan fingerprint density at radius 2 is 1.93 bits per heavy atom. The lowest BCUT2D eigenvalue weighted by Crippen LogP contribution is -2.49. The van der Waals surface area contributed by atoms with Crippen molar-refractivity contribution in [2.75, 3.05) is 13.1 Å². The van der Waals surface area contributed by atoms with E-state index in [0.29, 0.717) is 0 Å². The normalized spacial score (nSPS) is 30.1. The number of ether oxygens (including phenoxy) is 1. The average Bonchev–Trinajstić information content (AvgIpc) is 2.14. The number of carbonyl (C=O) groups is 1. The summed E-state index contributed by atoms with van der Waals surface area (Å²) in [4.78, 5) is 13.8. The summed E-state index contributed by atoms with van der Waals surface area (Å²) >= 11 is 0. The van der Waals surface area contributed by atoms with Gasteiger partial charge in [-0.25, -0.2) is 0 Å². The van der Waals surface area contributed by atoms with Crippen LogP contribution in [0.5, 0.6) is 0 Å². The maximum Gasteiger partial charge on any atom is 0.225 e. The lowest BCUT2D eigenvalue weighted by atomic mass is 10.1. The summed E-state index contributed by atoms with van der Waals surface area (Å²) in [6.07, 6.45) is 1.26. The first-order valence-corrected chi connectivity index (χ1v) is 5.48. The van der Waals surface area contributed by atoms with E-state index in [-0.39, 0.29) is 24.0 Å². The van der Waals surface area contributed by atoms with Crippen molar-refractivity contribution in [1.82, 2.24) is 4.90 Å². The van der Waals surface area contributed by atoms with Gasteiger partial charge in [0.1, 0.15) is 0 Å². The Balaban J connectivity index is 2.54. The fourth-order valence-electron chi connectivity index (χ4n) is 1.84. The van der Waals surface area contributed by atoms with E-state index in [9.17, 15) is 4.79 Å². The molecular formula is C11H21NO2. The van der Waals surface area contributed by atoms with Crippen molar-refractivity contribution >= 4 is 5.91 Å². The highest BCUT2D eigenvalue weighted by Gasteiger charge is 2.27. The van der Waals surface area contributed by atoms with Gasteiger partial charge >= 0.3 is 0 Å². The summed E-state index contributed by atoms with van der Waals surface area (Å²) in [7, 11) is 0. The first-order valence-electron chi connectivity index (χ1n) is 5.48. The van der Waals surface area contributed by atoms with Crippen molar-refractivity contribution in [2.45, 2.75) is 46.3 Å². The number of hydrogen-bond acceptors (Lipinski definition) is 2. The van der Waals surface area contributed by atoms with E-state index >= 15 is 0 Å². The van der Waals surface area contributed by atoms with E-state index in [1.54, 1.807) is 0 Å². The fourth-order valence-corrected chi connectivity index (χ4v) is 1.84. The monoisotopic (exact) mass is 199 g/mol. The largest absolute Gasteiger partial charge is 0.372 e. The predicted molar refractivity (Wildman–Crippen MR) is 56.0 cm³/mol. The first-order chi connectivity index (χ1) is 6.54. The Hall–Kier alpha value is -0.570. The lowest BCUT2D eigenvalue weighted by Gasteiger charge is -2.36. The highest BCUT2D eigenvalue weighted by molar-refractivity contribution is 5.78. The van der Waals surface area contributed by atoms with Crippen LogP contribution in [0.2, 0.25) is 0 Å². The molecule has 0 unspecified atom stereocenters. The van der Waals surface area contributed by atoms with Crippen molar-refractivity contribution in [2.24, 2.45) is 5.92 Å². The summed E-state index contributed by atoms with van der Waals surface area (Å²) in [5.41, 5.74) is 0. The van der Waals surface area contributed by atoms with Gasteiger partial charge in [-0.3, -0.25) is 4.79 Å². The third-order valence-electron chi connectivity index (χ3n) is 2.77. The molecule has 82 valence electrons. The lowest BCUT2D eigenvalue weighted by molar-refractivity contribution is -0.147. The van der Waals surface area contributed by atoms with Gasteiger partial charge in [-0.2, -0.15) is 0 Å². The van der Waals surface area contributed by atoms with Crippen molar-refractivity contribution in [3.63, 3.8) is 0 Å². The number of amides is 1. The van der Waals surface area contributed by atoms with Crippen LogP contribution < -0.4 is 0 Å². The fraction of sp³-hybridized carbons (Fsp3) is 0.909. The molecule has 3 nitrogen and oxygen atoms in total. The molecule has 3 atom stereocenters. The van der Waals surface area contributed by atoms with E-state index in [0.717, 1.165) is 19.5 Å². The molecule has 0 aromatic carbocycles. The van der Waals surface area contributed by atoms with Crippen LogP contribution in [-0.4, -0.2) is 36.1 Å². The third kappa shape index (κ3) is 2.71. The van der Waals surface area contributed by atoms with Gasteiger partial charge in [-0.15, -0.1) is 0 Å². The highest BCUT2D eigenvalue weighted by atomic mass is 16.5. The molecule has 14 heavy (non-hydrogen) atoms. The Labute approximate surface area is 86.4 Å². The summed E-state index contributed by atoms with van der Waals surface area (Å²) in [6, 6.07) is 0. The first kappa shape index (κ1) is 11.5. The van der Waals surface area contributed by atoms with Crippen molar-refractivity contribution in [3.05, 3.63) is 0 Å². The minimum absolute atomic E-state index is 0.146. The Kier molecular flexibility index (Phi) is 3.93. The van der Waals surface area contributed by atoms with Gasteiger partial charge in [0.2, 0.25) is 5.91 Å². The number of carbonyl (C=O) groups excluding carboxylic acids is 1. The molecule has 0 aliphatic carbocycles. The summed E-state index contributed by atoms with van der Waals surface area (Å²) in [5, 5.41) is 0. The zero-order chi connectivity index (χ0) is 10.7. The molecular weight excluding hydrogens is 178 g/mol. The Bertz CT molecular complexity index is 195. The molecule has 0 N–H and O–H groups in total. The second kappa shape index (κ2) is 4.78. The Morgan fingerprint density at radius 1 is 1.43 bits per heavy atom. The zero-order valence-corrected chi connectivity index (χ0v) is 9.62. The van der Waals surface area contributed by atoms with Crippen molar-refractivity contribution in [3.8, 4) is 0 Å². The van der Waals surface area contributed by atoms with Gasteiger partial charge in [-0.05, 0) is 20.3 Å². The van der Waals surface area contributed by atoms with Gasteiger partial charge in [0, 0.05) is 19.0 Å². The quantitative estimate of drug-likeness (QED) is 0.677. The van der Waals surface area contributed by atoms with Crippen LogP contribution in [0.3, 0.4) is 0 Å². The highest BCUT2D eigenvalue weighted by Crippen LogP contribution is 2.14. The smallest absolute Gasteiger partial charge is 0.225 e. The third-order valence-corrected chi connectivity index (χ3v) is 2.77. The molecule has 1 rings (SSSR count). The van der Waals surface area contributed by atoms with E-state index in [4.69, 9.17) is 4.74 Å². The van der Waals surface area contributed by atoms with Crippen LogP contribution >= 0.6 is 0 Å². The summed E-state index contributed by atoms with van der Waals surface area (Å²) in [5.74, 6) is 0.419. The summed E-state index contributed by atoms with van der Waals surface area (Å²) in [6.45, 7) is 9.57. The van der Waals surface area contributed by atoms with Gasteiger partial charge < -0.3 is 9.64 Å². The zero-order valence-electron chi connectivity index (χ0n) is 9.62. The molecule has 1 heterocycles. The number of rotatable bonds is 2. The molecule has 1 fully saturated rings. The van der Waals surface area contributed by atoms with E-state index in [2.05, 4.69) is 6.92 Å². The molecule has 0 radical (unpaired) electrons. The summed E-state index contributed by atoms with van der Waals surface area (Å²) < 4.78 is 5.59. The van der Waals surface area contributed by atoms with E-state index < -0.39 is 0 Å². The minimum atomic E-state index is 0.146. The number of nitrogens with zero attached hydrogens (tertiary/aromatic N) is 1. The molecule has 1 aliphatic heterocycles. The van der Waals surface area contributed by atoms with Crippen LogP contribution in [0, 0.1) is 5.92 Å². The molecule has 0 bridgehead atoms. The minimum Gasteiger partial charge on any atom is -0.372 e. The van der Waals surface area contributed by atoms with E-state index in [1.807, 2.05) is 25.7 Å². The standard InChI is InChI=1S/C11H21NO2/c1-5-8(2)11(13)12-6-9(3)14-10(4)7-12/h8-10H,5-7H2,1-4H3/t8-,9-,10+/m0/s1. The van der Waals surface area contributed by atoms with Crippen molar-refractivity contribution < 1.29 is 9.53 Å². The maximum atomic E-state index is 11.9. The second-order valence-electron chi connectivity index (χ2n) is 4.31. The van der Waals surface area contributed by atoms with Crippen LogP contribution in [0.25, 0.3) is 0 Å². The maximum absolute atomic E-state index is 11.9. The van der Waals surface area contributed by atoms with Crippen LogP contribution in [0.4, 0.5) is 0 Å². The topological polar surface area (TPSA) is 29.5 Å². The van der Waals surface area contributed by atoms with E-state index in [1.165, 1.54) is 0 Å². The van der Waals surface area contributed by atoms with Crippen LogP contribution in [0.15, 0.2) is 0 Å². The molecule has 1 saturated heterocycles. The SMILES string of the molecule is CC[C@H](C)C(=O)N1C[C@@H](C)O[C@@H](C)C1. The Morgan fingerprint density at radius 3 is 2.36 bits per heavy atom. The number of hydrogen-bond donors (Lipinski definition) is 0. The molecule has 3 heteroatoms. The van der Waals surface area contributed by atoms with Gasteiger partial charge in [-0.1, -0.05) is 13.8 Å². The number of morpholine rings is 1. The molecule has 0 aromatic rings. The van der Waals surface area contributed by atoms with Gasteiger partial charge in [0.25, 0.3) is 0 Å². The molecule has 0 saturated carbocycles. The second-order valence-corrected chi connectivity index (χ2v) is 4.31. The average molecular weight is 199 g/mol.